The summed E-state index contributed by atoms with van der Waals surface area (Å²) in [4.78, 5) is 15.3. The van der Waals surface area contributed by atoms with E-state index in [2.05, 4.69) is 29.8 Å². The van der Waals surface area contributed by atoms with Crippen LogP contribution in [0.2, 0.25) is 5.02 Å². The summed E-state index contributed by atoms with van der Waals surface area (Å²) in [6.07, 6.45) is 2.29. The molecule has 110 valence electrons. The fraction of sp³-hybridized carbons (Fsp3) is 0.533. The third-order valence-corrected chi connectivity index (χ3v) is 4.51. The highest BCUT2D eigenvalue weighted by molar-refractivity contribution is 7.80. The van der Waals surface area contributed by atoms with E-state index in [1.807, 2.05) is 0 Å². The van der Waals surface area contributed by atoms with Gasteiger partial charge in [-0.2, -0.15) is 0 Å². The Bertz CT molecular complexity index is 473. The summed E-state index contributed by atoms with van der Waals surface area (Å²) < 4.78 is 0. The molecule has 2 rings (SSSR count). The Morgan fingerprint density at radius 3 is 2.80 bits per heavy atom. The quantitative estimate of drug-likeness (QED) is 0.837. The number of piperidine rings is 1. The zero-order valence-electron chi connectivity index (χ0n) is 11.7. The standard InChI is InChI=1S/C15H21ClN2OS/c1-2-18-7-5-11(6-8-18)10-17-15(19)13-9-12(20)3-4-14(13)16/h3-4,9,11,20H,2,5-8,10H2,1H3,(H,17,19). The predicted octanol–water partition coefficient (Wildman–Crippen LogP) is 3.09. The normalized spacial score (nSPS) is 17.1. The smallest absolute Gasteiger partial charge is 0.252 e. The molecule has 1 amide bonds. The van der Waals surface area contributed by atoms with Crippen LogP contribution in [0.1, 0.15) is 30.1 Å². The highest BCUT2D eigenvalue weighted by Crippen LogP contribution is 2.20. The average molecular weight is 313 g/mol. The summed E-state index contributed by atoms with van der Waals surface area (Å²) in [5, 5.41) is 3.47. The van der Waals surface area contributed by atoms with E-state index in [1.165, 1.54) is 0 Å². The maximum absolute atomic E-state index is 12.1. The molecule has 1 aliphatic rings. The summed E-state index contributed by atoms with van der Waals surface area (Å²) in [7, 11) is 0. The van der Waals surface area contributed by atoms with Crippen LogP contribution in [0.25, 0.3) is 0 Å². The van der Waals surface area contributed by atoms with Crippen molar-refractivity contribution in [2.45, 2.75) is 24.7 Å². The van der Waals surface area contributed by atoms with Crippen molar-refractivity contribution in [2.75, 3.05) is 26.2 Å². The zero-order chi connectivity index (χ0) is 14.5. The molecular formula is C15H21ClN2OS. The number of likely N-dealkylation sites (tertiary alicyclic amines) is 1. The minimum absolute atomic E-state index is 0.108. The van der Waals surface area contributed by atoms with Crippen LogP contribution in [0.4, 0.5) is 0 Å². The van der Waals surface area contributed by atoms with E-state index in [1.54, 1.807) is 18.2 Å². The fourth-order valence-corrected chi connectivity index (χ4v) is 2.93. The van der Waals surface area contributed by atoms with Gasteiger partial charge < -0.3 is 10.2 Å². The molecule has 1 N–H and O–H groups in total. The molecule has 0 spiro atoms. The first-order valence-corrected chi connectivity index (χ1v) is 7.91. The molecule has 3 nitrogen and oxygen atoms in total. The first kappa shape index (κ1) is 15.7. The molecular weight excluding hydrogens is 292 g/mol. The van der Waals surface area contributed by atoms with Gasteiger partial charge >= 0.3 is 0 Å². The van der Waals surface area contributed by atoms with Crippen molar-refractivity contribution in [3.63, 3.8) is 0 Å². The molecule has 20 heavy (non-hydrogen) atoms. The van der Waals surface area contributed by atoms with Crippen LogP contribution in [-0.2, 0) is 0 Å². The van der Waals surface area contributed by atoms with Crippen LogP contribution in [0, 0.1) is 5.92 Å². The number of carbonyl (C=O) groups excluding carboxylic acids is 1. The number of rotatable bonds is 4. The Kier molecular flexibility index (Phi) is 5.75. The lowest BCUT2D eigenvalue weighted by atomic mass is 9.97. The van der Waals surface area contributed by atoms with E-state index in [-0.39, 0.29) is 5.91 Å². The lowest BCUT2D eigenvalue weighted by molar-refractivity contribution is 0.0937. The van der Waals surface area contributed by atoms with Crippen molar-refractivity contribution < 1.29 is 4.79 Å². The summed E-state index contributed by atoms with van der Waals surface area (Å²) in [5.74, 6) is 0.462. The summed E-state index contributed by atoms with van der Waals surface area (Å²) in [6, 6.07) is 5.20. The minimum Gasteiger partial charge on any atom is -0.352 e. The molecule has 0 aromatic heterocycles. The molecule has 0 atom stereocenters. The Morgan fingerprint density at radius 1 is 1.45 bits per heavy atom. The van der Waals surface area contributed by atoms with Crippen molar-refractivity contribution in [2.24, 2.45) is 5.92 Å². The van der Waals surface area contributed by atoms with Gasteiger partial charge in [-0.25, -0.2) is 0 Å². The second kappa shape index (κ2) is 7.34. The molecule has 0 radical (unpaired) electrons. The fourth-order valence-electron chi connectivity index (χ4n) is 2.53. The van der Waals surface area contributed by atoms with Gasteiger partial charge in [0.05, 0.1) is 10.6 Å². The van der Waals surface area contributed by atoms with Gasteiger partial charge in [0.1, 0.15) is 0 Å². The van der Waals surface area contributed by atoms with Crippen LogP contribution >= 0.6 is 24.2 Å². The molecule has 0 saturated carbocycles. The van der Waals surface area contributed by atoms with Crippen LogP contribution in [0.15, 0.2) is 23.1 Å². The Labute approximate surface area is 131 Å². The topological polar surface area (TPSA) is 32.3 Å². The van der Waals surface area contributed by atoms with Gasteiger partial charge in [0.15, 0.2) is 0 Å². The number of benzene rings is 1. The maximum atomic E-state index is 12.1. The van der Waals surface area contributed by atoms with Crippen molar-refractivity contribution in [1.82, 2.24) is 10.2 Å². The number of nitrogens with zero attached hydrogens (tertiary/aromatic N) is 1. The molecule has 1 aromatic rings. The number of thiol groups is 1. The van der Waals surface area contributed by atoms with E-state index in [4.69, 9.17) is 11.6 Å². The van der Waals surface area contributed by atoms with Crippen molar-refractivity contribution >= 4 is 30.1 Å². The number of halogens is 1. The Balaban J connectivity index is 1.85. The van der Waals surface area contributed by atoms with Crippen molar-refractivity contribution in [3.8, 4) is 0 Å². The molecule has 1 fully saturated rings. The number of hydrogen-bond donors (Lipinski definition) is 2. The SMILES string of the molecule is CCN1CCC(CNC(=O)c2cc(S)ccc2Cl)CC1. The van der Waals surface area contributed by atoms with Gasteiger partial charge in [-0.05, 0) is 56.6 Å². The predicted molar refractivity (Wildman–Crippen MR) is 85.9 cm³/mol. The van der Waals surface area contributed by atoms with Crippen LogP contribution < -0.4 is 5.32 Å². The highest BCUT2D eigenvalue weighted by Gasteiger charge is 2.19. The molecule has 1 aliphatic heterocycles. The Hall–Kier alpha value is -0.710. The lowest BCUT2D eigenvalue weighted by Crippen LogP contribution is -2.38. The minimum atomic E-state index is -0.108. The molecule has 1 saturated heterocycles. The van der Waals surface area contributed by atoms with Crippen LogP contribution in [0.3, 0.4) is 0 Å². The number of hydrogen-bond acceptors (Lipinski definition) is 3. The summed E-state index contributed by atoms with van der Waals surface area (Å²) >= 11 is 10.3. The largest absolute Gasteiger partial charge is 0.352 e. The lowest BCUT2D eigenvalue weighted by Gasteiger charge is -2.31. The van der Waals surface area contributed by atoms with Gasteiger partial charge in [-0.1, -0.05) is 18.5 Å². The molecule has 1 aromatic carbocycles. The number of nitrogens with one attached hydrogen (secondary N) is 1. The van der Waals surface area contributed by atoms with Crippen molar-refractivity contribution in [1.29, 1.82) is 0 Å². The van der Waals surface area contributed by atoms with E-state index < -0.39 is 0 Å². The molecule has 0 unspecified atom stereocenters. The third kappa shape index (κ3) is 4.14. The van der Waals surface area contributed by atoms with Gasteiger partial charge in [0.2, 0.25) is 0 Å². The van der Waals surface area contributed by atoms with Gasteiger partial charge in [-0.15, -0.1) is 12.6 Å². The van der Waals surface area contributed by atoms with E-state index in [9.17, 15) is 4.79 Å². The summed E-state index contributed by atoms with van der Waals surface area (Å²) in [5.41, 5.74) is 0.505. The van der Waals surface area contributed by atoms with E-state index in [0.29, 0.717) is 16.5 Å². The molecule has 0 bridgehead atoms. The average Bonchev–Trinajstić information content (AvgIpc) is 2.47. The van der Waals surface area contributed by atoms with Gasteiger partial charge in [0.25, 0.3) is 5.91 Å². The molecule has 5 heteroatoms. The van der Waals surface area contributed by atoms with Gasteiger partial charge in [0, 0.05) is 11.4 Å². The van der Waals surface area contributed by atoms with Crippen LogP contribution in [-0.4, -0.2) is 37.0 Å². The first-order chi connectivity index (χ1) is 9.60. The van der Waals surface area contributed by atoms with E-state index >= 15 is 0 Å². The van der Waals surface area contributed by atoms with Crippen molar-refractivity contribution in [3.05, 3.63) is 28.8 Å². The number of amides is 1. The highest BCUT2D eigenvalue weighted by atomic mass is 35.5. The maximum Gasteiger partial charge on any atom is 0.252 e. The second-order valence-corrected chi connectivity index (χ2v) is 6.18. The monoisotopic (exact) mass is 312 g/mol. The second-order valence-electron chi connectivity index (χ2n) is 5.25. The third-order valence-electron chi connectivity index (χ3n) is 3.90. The van der Waals surface area contributed by atoms with E-state index in [0.717, 1.165) is 43.9 Å². The molecule has 0 aliphatic carbocycles. The number of carbonyl (C=O) groups is 1. The summed E-state index contributed by atoms with van der Waals surface area (Å²) in [6.45, 7) is 6.29. The van der Waals surface area contributed by atoms with Gasteiger partial charge in [-0.3, -0.25) is 4.79 Å². The van der Waals surface area contributed by atoms with Crippen LogP contribution in [0.5, 0.6) is 0 Å². The molecule has 1 heterocycles. The Morgan fingerprint density at radius 2 is 2.15 bits per heavy atom. The zero-order valence-corrected chi connectivity index (χ0v) is 13.4. The first-order valence-electron chi connectivity index (χ1n) is 7.09.